The molecule has 1 atom stereocenters. The minimum atomic E-state index is -0.447. The Hall–Kier alpha value is -0.900. The highest BCUT2D eigenvalue weighted by Crippen LogP contribution is 2.31. The molecule has 0 aliphatic carbocycles. The Morgan fingerprint density at radius 1 is 1.31 bits per heavy atom. The number of hydrogen-bond acceptors (Lipinski definition) is 2. The fourth-order valence-corrected chi connectivity index (χ4v) is 2.64. The van der Waals surface area contributed by atoms with Crippen molar-refractivity contribution in [3.05, 3.63) is 56.5 Å². The van der Waals surface area contributed by atoms with Crippen molar-refractivity contribution in [1.29, 1.82) is 0 Å². The molecule has 4 heteroatoms. The van der Waals surface area contributed by atoms with E-state index in [2.05, 4.69) is 0 Å². The minimum absolute atomic E-state index is 0.237. The molecule has 1 aromatic heterocycles. The SMILES string of the molecule is Cc1cccc(C(N)c2ccc(Cl)s2)c1F. The molecule has 0 aliphatic rings. The summed E-state index contributed by atoms with van der Waals surface area (Å²) in [5, 5.41) is 0. The van der Waals surface area contributed by atoms with Crippen molar-refractivity contribution in [2.45, 2.75) is 13.0 Å². The molecule has 1 nitrogen and oxygen atoms in total. The number of aryl methyl sites for hydroxylation is 1. The first kappa shape index (κ1) is 11.6. The maximum Gasteiger partial charge on any atom is 0.131 e. The molecule has 0 radical (unpaired) electrons. The predicted octanol–water partition coefficient (Wildman–Crippen LogP) is 3.90. The number of nitrogens with two attached hydrogens (primary N) is 1. The first-order valence-corrected chi connectivity index (χ1v) is 6.05. The zero-order valence-corrected chi connectivity index (χ0v) is 10.3. The Kier molecular flexibility index (Phi) is 3.28. The van der Waals surface area contributed by atoms with E-state index in [0.717, 1.165) is 4.88 Å². The summed E-state index contributed by atoms with van der Waals surface area (Å²) in [4.78, 5) is 0.870. The summed E-state index contributed by atoms with van der Waals surface area (Å²) >= 11 is 7.21. The molecule has 2 N–H and O–H groups in total. The molecule has 0 bridgehead atoms. The van der Waals surface area contributed by atoms with E-state index in [-0.39, 0.29) is 5.82 Å². The average molecular weight is 256 g/mol. The molecule has 0 spiro atoms. The van der Waals surface area contributed by atoms with E-state index in [0.29, 0.717) is 15.5 Å². The van der Waals surface area contributed by atoms with Crippen LogP contribution in [0.4, 0.5) is 4.39 Å². The lowest BCUT2D eigenvalue weighted by Gasteiger charge is -2.12. The van der Waals surface area contributed by atoms with Crippen LogP contribution in [-0.4, -0.2) is 0 Å². The second-order valence-corrected chi connectivity index (χ2v) is 5.34. The summed E-state index contributed by atoms with van der Waals surface area (Å²) in [7, 11) is 0. The molecule has 2 aromatic rings. The van der Waals surface area contributed by atoms with Gasteiger partial charge >= 0.3 is 0 Å². The summed E-state index contributed by atoms with van der Waals surface area (Å²) in [6, 6.07) is 8.41. The van der Waals surface area contributed by atoms with Gasteiger partial charge in [0.2, 0.25) is 0 Å². The summed E-state index contributed by atoms with van der Waals surface area (Å²) in [6.07, 6.45) is 0. The van der Waals surface area contributed by atoms with Gasteiger partial charge in [-0.25, -0.2) is 4.39 Å². The molecule has 0 fully saturated rings. The van der Waals surface area contributed by atoms with Crippen molar-refractivity contribution >= 4 is 22.9 Å². The second-order valence-electron chi connectivity index (χ2n) is 3.60. The van der Waals surface area contributed by atoms with Gasteiger partial charge in [0, 0.05) is 10.4 Å². The standard InChI is InChI=1S/C12H11ClFNS/c1-7-3-2-4-8(11(7)14)12(15)9-5-6-10(13)16-9/h2-6,12H,15H2,1H3. The molecule has 0 saturated heterocycles. The van der Waals surface area contributed by atoms with E-state index in [4.69, 9.17) is 17.3 Å². The van der Waals surface area contributed by atoms with Crippen LogP contribution in [0.5, 0.6) is 0 Å². The quantitative estimate of drug-likeness (QED) is 0.866. The minimum Gasteiger partial charge on any atom is -0.320 e. The van der Waals surface area contributed by atoms with Crippen molar-refractivity contribution in [3.8, 4) is 0 Å². The van der Waals surface area contributed by atoms with Crippen LogP contribution in [0.15, 0.2) is 30.3 Å². The van der Waals surface area contributed by atoms with E-state index in [9.17, 15) is 4.39 Å². The van der Waals surface area contributed by atoms with Crippen molar-refractivity contribution in [1.82, 2.24) is 0 Å². The van der Waals surface area contributed by atoms with Gasteiger partial charge in [-0.2, -0.15) is 0 Å². The Balaban J connectivity index is 2.41. The Bertz CT molecular complexity index is 509. The molecule has 0 amide bonds. The van der Waals surface area contributed by atoms with E-state index in [1.165, 1.54) is 11.3 Å². The molecular weight excluding hydrogens is 245 g/mol. The third-order valence-electron chi connectivity index (χ3n) is 2.46. The lowest BCUT2D eigenvalue weighted by Crippen LogP contribution is -2.12. The van der Waals surface area contributed by atoms with Gasteiger partial charge < -0.3 is 5.73 Å². The van der Waals surface area contributed by atoms with Gasteiger partial charge in [-0.05, 0) is 24.6 Å². The topological polar surface area (TPSA) is 26.0 Å². The summed E-state index contributed by atoms with van der Waals surface area (Å²) in [5.41, 5.74) is 7.13. The second kappa shape index (κ2) is 4.53. The molecule has 0 aliphatic heterocycles. The Morgan fingerprint density at radius 2 is 2.06 bits per heavy atom. The molecule has 1 heterocycles. The van der Waals surface area contributed by atoms with E-state index < -0.39 is 6.04 Å². The fraction of sp³-hybridized carbons (Fsp3) is 0.167. The Labute approximate surface area is 103 Å². The van der Waals surface area contributed by atoms with Gasteiger partial charge in [0.05, 0.1) is 10.4 Å². The zero-order chi connectivity index (χ0) is 11.7. The zero-order valence-electron chi connectivity index (χ0n) is 8.71. The van der Waals surface area contributed by atoms with Crippen LogP contribution >= 0.6 is 22.9 Å². The Morgan fingerprint density at radius 3 is 2.69 bits per heavy atom. The number of rotatable bonds is 2. The molecular formula is C12H11ClFNS. The highest BCUT2D eigenvalue weighted by molar-refractivity contribution is 7.16. The van der Waals surface area contributed by atoms with Gasteiger partial charge in [-0.3, -0.25) is 0 Å². The maximum absolute atomic E-state index is 13.8. The van der Waals surface area contributed by atoms with Crippen LogP contribution in [0, 0.1) is 12.7 Å². The van der Waals surface area contributed by atoms with E-state index in [1.54, 1.807) is 25.1 Å². The van der Waals surface area contributed by atoms with Crippen LogP contribution in [0.1, 0.15) is 22.0 Å². The lowest BCUT2D eigenvalue weighted by atomic mass is 10.0. The van der Waals surface area contributed by atoms with Crippen molar-refractivity contribution in [2.24, 2.45) is 5.73 Å². The highest BCUT2D eigenvalue weighted by atomic mass is 35.5. The predicted molar refractivity (Wildman–Crippen MR) is 66.5 cm³/mol. The summed E-state index contributed by atoms with van der Waals surface area (Å²) in [6.45, 7) is 1.73. The van der Waals surface area contributed by atoms with E-state index in [1.807, 2.05) is 12.1 Å². The smallest absolute Gasteiger partial charge is 0.131 e. The number of thiophene rings is 1. The van der Waals surface area contributed by atoms with Gasteiger partial charge in [0.1, 0.15) is 5.82 Å². The van der Waals surface area contributed by atoms with Gasteiger partial charge in [0.15, 0.2) is 0 Å². The van der Waals surface area contributed by atoms with Gasteiger partial charge in [-0.15, -0.1) is 11.3 Å². The third-order valence-corrected chi connectivity index (χ3v) is 3.77. The average Bonchev–Trinajstić information content (AvgIpc) is 2.68. The van der Waals surface area contributed by atoms with E-state index >= 15 is 0 Å². The van der Waals surface area contributed by atoms with Gasteiger partial charge in [0.25, 0.3) is 0 Å². The van der Waals surface area contributed by atoms with Gasteiger partial charge in [-0.1, -0.05) is 29.8 Å². The first-order valence-electron chi connectivity index (χ1n) is 4.85. The van der Waals surface area contributed by atoms with Crippen LogP contribution < -0.4 is 5.73 Å². The third kappa shape index (κ3) is 2.12. The monoisotopic (exact) mass is 255 g/mol. The lowest BCUT2D eigenvalue weighted by molar-refractivity contribution is 0.592. The van der Waals surface area contributed by atoms with Crippen molar-refractivity contribution < 1.29 is 4.39 Å². The van der Waals surface area contributed by atoms with Crippen LogP contribution in [0.3, 0.4) is 0 Å². The highest BCUT2D eigenvalue weighted by Gasteiger charge is 2.16. The summed E-state index contributed by atoms with van der Waals surface area (Å²) in [5.74, 6) is -0.237. The number of benzene rings is 1. The largest absolute Gasteiger partial charge is 0.320 e. The molecule has 0 saturated carbocycles. The maximum atomic E-state index is 13.8. The summed E-state index contributed by atoms with van der Waals surface area (Å²) < 4.78 is 14.5. The molecule has 1 unspecified atom stereocenters. The van der Waals surface area contributed by atoms with Crippen LogP contribution in [0.25, 0.3) is 0 Å². The normalized spacial score (nSPS) is 12.8. The number of hydrogen-bond donors (Lipinski definition) is 1. The van der Waals surface area contributed by atoms with Crippen LogP contribution in [0.2, 0.25) is 4.34 Å². The van der Waals surface area contributed by atoms with Crippen molar-refractivity contribution in [3.63, 3.8) is 0 Å². The number of halogens is 2. The fourth-order valence-electron chi connectivity index (χ4n) is 1.56. The molecule has 2 rings (SSSR count). The van der Waals surface area contributed by atoms with Crippen molar-refractivity contribution in [2.75, 3.05) is 0 Å². The molecule has 1 aromatic carbocycles. The molecule has 16 heavy (non-hydrogen) atoms. The first-order chi connectivity index (χ1) is 7.59. The molecule has 84 valence electrons. The van der Waals surface area contributed by atoms with Crippen LogP contribution in [-0.2, 0) is 0 Å².